The fraction of sp³-hybridized carbons (Fsp3) is 0.179. The maximum atomic E-state index is 13.6. The number of rotatable bonds is 7. The van der Waals surface area contributed by atoms with E-state index in [9.17, 15) is 22.7 Å². The van der Waals surface area contributed by atoms with Gasteiger partial charge in [0.2, 0.25) is 0 Å². The summed E-state index contributed by atoms with van der Waals surface area (Å²) in [5.41, 5.74) is 4.37. The summed E-state index contributed by atoms with van der Waals surface area (Å²) in [6.45, 7) is 3.47. The highest BCUT2D eigenvalue weighted by atomic mass is 35.5. The van der Waals surface area contributed by atoms with Gasteiger partial charge >= 0.3 is 0 Å². The van der Waals surface area contributed by atoms with Crippen LogP contribution in [0, 0.1) is 12.7 Å². The molecule has 9 heteroatoms. The lowest BCUT2D eigenvalue weighted by atomic mass is 10.0. The van der Waals surface area contributed by atoms with Crippen LogP contribution in [0.2, 0.25) is 5.02 Å². The quantitative estimate of drug-likeness (QED) is 0.309. The van der Waals surface area contributed by atoms with Crippen molar-refractivity contribution in [1.29, 1.82) is 0 Å². The standard InChI is InChI=1S/C28H26ClFN2O4S/c1-17(33)14-23-16-25(28(34)31-22-9-11-24(12-10-22)37(3,35)36)18(2)32(23)27-13-6-20(29)15-26(27)19-4-7-21(30)8-5-19/h4-13,15-17,33H,14H2,1-3H3,(H,31,34)/t17-/m0/s1. The number of nitrogens with zero attached hydrogens (tertiary/aromatic N) is 1. The molecule has 37 heavy (non-hydrogen) atoms. The molecule has 2 N–H and O–H groups in total. The molecule has 4 aromatic rings. The number of aromatic nitrogens is 1. The molecular formula is C28H26ClFN2O4S. The number of halogens is 2. The van der Waals surface area contributed by atoms with Gasteiger partial charge in [-0.2, -0.15) is 0 Å². The van der Waals surface area contributed by atoms with Crippen LogP contribution < -0.4 is 5.32 Å². The van der Waals surface area contributed by atoms with Crippen molar-refractivity contribution < 1.29 is 22.7 Å². The van der Waals surface area contributed by atoms with Crippen molar-refractivity contribution in [2.45, 2.75) is 31.3 Å². The normalized spacial score (nSPS) is 12.4. The fourth-order valence-electron chi connectivity index (χ4n) is 4.24. The first-order valence-corrected chi connectivity index (χ1v) is 13.8. The van der Waals surface area contributed by atoms with E-state index in [1.807, 2.05) is 10.6 Å². The number of hydrogen-bond acceptors (Lipinski definition) is 4. The van der Waals surface area contributed by atoms with Gasteiger partial charge in [0, 0.05) is 40.3 Å². The zero-order valence-electron chi connectivity index (χ0n) is 20.5. The highest BCUT2D eigenvalue weighted by molar-refractivity contribution is 7.90. The van der Waals surface area contributed by atoms with Gasteiger partial charge in [0.15, 0.2) is 9.84 Å². The monoisotopic (exact) mass is 540 g/mol. The van der Waals surface area contributed by atoms with Crippen molar-refractivity contribution in [3.63, 3.8) is 0 Å². The number of sulfone groups is 1. The number of amides is 1. The molecule has 1 atom stereocenters. The summed E-state index contributed by atoms with van der Waals surface area (Å²) in [7, 11) is -3.35. The van der Waals surface area contributed by atoms with Gasteiger partial charge in [-0.25, -0.2) is 12.8 Å². The summed E-state index contributed by atoms with van der Waals surface area (Å²) in [5, 5.41) is 13.5. The van der Waals surface area contributed by atoms with Crippen LogP contribution >= 0.6 is 11.6 Å². The molecule has 0 spiro atoms. The number of carbonyl (C=O) groups is 1. The molecule has 0 aliphatic heterocycles. The number of anilines is 1. The van der Waals surface area contributed by atoms with E-state index in [0.717, 1.165) is 23.1 Å². The van der Waals surface area contributed by atoms with E-state index in [1.54, 1.807) is 44.2 Å². The smallest absolute Gasteiger partial charge is 0.257 e. The first kappa shape index (κ1) is 26.6. The molecule has 0 radical (unpaired) electrons. The van der Waals surface area contributed by atoms with Gasteiger partial charge in [-0.15, -0.1) is 0 Å². The molecule has 0 unspecified atom stereocenters. The lowest BCUT2D eigenvalue weighted by Crippen LogP contribution is -2.13. The average molecular weight is 541 g/mol. The van der Waals surface area contributed by atoms with Crippen LogP contribution in [0.5, 0.6) is 0 Å². The topological polar surface area (TPSA) is 88.4 Å². The van der Waals surface area contributed by atoms with Crippen LogP contribution in [0.4, 0.5) is 10.1 Å². The van der Waals surface area contributed by atoms with E-state index in [0.29, 0.717) is 27.7 Å². The van der Waals surface area contributed by atoms with Crippen LogP contribution in [-0.4, -0.2) is 36.4 Å². The molecule has 3 aromatic carbocycles. The minimum Gasteiger partial charge on any atom is -0.393 e. The number of carbonyl (C=O) groups excluding carboxylic acids is 1. The highest BCUT2D eigenvalue weighted by Crippen LogP contribution is 2.33. The number of benzene rings is 3. The van der Waals surface area contributed by atoms with E-state index >= 15 is 0 Å². The third kappa shape index (κ3) is 5.93. The van der Waals surface area contributed by atoms with Gasteiger partial charge in [-0.05, 0) is 80.1 Å². The van der Waals surface area contributed by atoms with Crippen molar-refractivity contribution in [2.75, 3.05) is 11.6 Å². The van der Waals surface area contributed by atoms with Crippen molar-refractivity contribution in [3.8, 4) is 16.8 Å². The largest absolute Gasteiger partial charge is 0.393 e. The Balaban J connectivity index is 1.79. The highest BCUT2D eigenvalue weighted by Gasteiger charge is 2.22. The number of aliphatic hydroxyl groups is 1. The Morgan fingerprint density at radius 3 is 2.30 bits per heavy atom. The predicted octanol–water partition coefficient (Wildman–Crippen LogP) is 5.82. The first-order valence-electron chi connectivity index (χ1n) is 11.5. The molecule has 1 amide bonds. The molecule has 0 aliphatic rings. The Kier molecular flexibility index (Phi) is 7.54. The van der Waals surface area contributed by atoms with Crippen molar-refractivity contribution >= 4 is 33.0 Å². The molecule has 1 aromatic heterocycles. The molecule has 192 valence electrons. The summed E-state index contributed by atoms with van der Waals surface area (Å²) in [5.74, 6) is -0.740. The second-order valence-corrected chi connectivity index (χ2v) is 11.4. The van der Waals surface area contributed by atoms with E-state index in [2.05, 4.69) is 5.32 Å². The van der Waals surface area contributed by atoms with Crippen LogP contribution in [-0.2, 0) is 16.3 Å². The van der Waals surface area contributed by atoms with E-state index in [-0.39, 0.29) is 23.0 Å². The summed E-state index contributed by atoms with van der Waals surface area (Å²) < 4.78 is 38.9. The Bertz CT molecular complexity index is 1560. The Hall–Kier alpha value is -3.46. The van der Waals surface area contributed by atoms with Crippen LogP contribution in [0.3, 0.4) is 0 Å². The van der Waals surface area contributed by atoms with Crippen LogP contribution in [0.25, 0.3) is 16.8 Å². The minimum atomic E-state index is -3.35. The van der Waals surface area contributed by atoms with E-state index in [1.165, 1.54) is 36.4 Å². The number of nitrogens with one attached hydrogen (secondary N) is 1. The lowest BCUT2D eigenvalue weighted by Gasteiger charge is -2.18. The first-order chi connectivity index (χ1) is 17.4. The maximum absolute atomic E-state index is 13.6. The molecule has 0 aliphatic carbocycles. The Labute approximate surface area is 220 Å². The Morgan fingerprint density at radius 1 is 1.05 bits per heavy atom. The number of aliphatic hydroxyl groups excluding tert-OH is 1. The Morgan fingerprint density at radius 2 is 1.70 bits per heavy atom. The average Bonchev–Trinajstić information content (AvgIpc) is 3.14. The van der Waals surface area contributed by atoms with Gasteiger partial charge in [0.25, 0.3) is 5.91 Å². The van der Waals surface area contributed by atoms with Gasteiger partial charge in [0.05, 0.1) is 22.3 Å². The second-order valence-electron chi connectivity index (χ2n) is 8.94. The SMILES string of the molecule is Cc1c(C(=O)Nc2ccc(S(C)(=O)=O)cc2)cc(C[C@H](C)O)n1-c1ccc(Cl)cc1-c1ccc(F)cc1. The van der Waals surface area contributed by atoms with Gasteiger partial charge in [-0.3, -0.25) is 4.79 Å². The minimum absolute atomic E-state index is 0.156. The molecule has 0 saturated carbocycles. The second kappa shape index (κ2) is 10.5. The molecule has 1 heterocycles. The molecular weight excluding hydrogens is 515 g/mol. The summed E-state index contributed by atoms with van der Waals surface area (Å²) in [4.78, 5) is 13.4. The van der Waals surface area contributed by atoms with Crippen molar-refractivity contribution in [3.05, 3.63) is 101 Å². The fourth-order valence-corrected chi connectivity index (χ4v) is 5.04. The van der Waals surface area contributed by atoms with Gasteiger partial charge in [0.1, 0.15) is 5.82 Å². The maximum Gasteiger partial charge on any atom is 0.257 e. The molecule has 0 saturated heterocycles. The third-order valence-electron chi connectivity index (χ3n) is 5.97. The molecule has 4 rings (SSSR count). The van der Waals surface area contributed by atoms with E-state index in [4.69, 9.17) is 11.6 Å². The number of hydrogen-bond donors (Lipinski definition) is 2. The van der Waals surface area contributed by atoms with Crippen molar-refractivity contribution in [2.24, 2.45) is 0 Å². The molecule has 0 bridgehead atoms. The summed E-state index contributed by atoms with van der Waals surface area (Å²) >= 11 is 6.31. The zero-order chi connectivity index (χ0) is 26.9. The van der Waals surface area contributed by atoms with Gasteiger partial charge in [-0.1, -0.05) is 23.7 Å². The zero-order valence-corrected chi connectivity index (χ0v) is 22.1. The van der Waals surface area contributed by atoms with Crippen LogP contribution in [0.1, 0.15) is 28.7 Å². The third-order valence-corrected chi connectivity index (χ3v) is 7.33. The molecule has 0 fully saturated rings. The molecule has 6 nitrogen and oxygen atoms in total. The van der Waals surface area contributed by atoms with Crippen LogP contribution in [0.15, 0.2) is 77.7 Å². The predicted molar refractivity (Wildman–Crippen MR) is 144 cm³/mol. The summed E-state index contributed by atoms with van der Waals surface area (Å²) in [6.07, 6.45) is 0.727. The van der Waals surface area contributed by atoms with Gasteiger partial charge < -0.3 is 15.0 Å². The lowest BCUT2D eigenvalue weighted by molar-refractivity contribution is 0.102. The van der Waals surface area contributed by atoms with Crippen molar-refractivity contribution in [1.82, 2.24) is 4.57 Å². The summed E-state index contributed by atoms with van der Waals surface area (Å²) in [6, 6.07) is 19.0. The van der Waals surface area contributed by atoms with E-state index < -0.39 is 15.9 Å².